The van der Waals surface area contributed by atoms with Gasteiger partial charge < -0.3 is 0 Å². The minimum Gasteiger partial charge on any atom is -0.224 e. The van der Waals surface area contributed by atoms with Gasteiger partial charge in [-0.2, -0.15) is 5.10 Å². The van der Waals surface area contributed by atoms with Crippen LogP contribution in [0.1, 0.15) is 5.82 Å². The number of rotatable bonds is 3. The Hall–Kier alpha value is -2.18. The van der Waals surface area contributed by atoms with E-state index in [2.05, 4.69) is 10.1 Å². The zero-order valence-corrected chi connectivity index (χ0v) is 14.1. The first-order valence-corrected chi connectivity index (χ1v) is 9.11. The Morgan fingerprint density at radius 2 is 1.78 bits per heavy atom. The first-order valence-electron chi connectivity index (χ1n) is 6.85. The fraction of sp³-hybridized carbons (Fsp3) is 0.125. The predicted molar refractivity (Wildman–Crippen MR) is 89.7 cm³/mol. The molecular formula is C16H14ClN3O2S. The second-order valence-corrected chi connectivity index (χ2v) is 7.62. The summed E-state index contributed by atoms with van der Waals surface area (Å²) in [6.45, 7) is 1.80. The molecule has 0 fully saturated rings. The molecule has 0 unspecified atom stereocenters. The van der Waals surface area contributed by atoms with E-state index in [4.69, 9.17) is 11.6 Å². The highest BCUT2D eigenvalue weighted by atomic mass is 35.5. The fourth-order valence-corrected chi connectivity index (χ4v) is 3.06. The maximum atomic E-state index is 11.6. The monoisotopic (exact) mass is 347 g/mol. The van der Waals surface area contributed by atoms with Gasteiger partial charge in [-0.1, -0.05) is 23.7 Å². The molecule has 0 atom stereocenters. The van der Waals surface area contributed by atoms with Crippen molar-refractivity contribution in [2.75, 3.05) is 6.26 Å². The second kappa shape index (κ2) is 5.79. The van der Waals surface area contributed by atoms with E-state index >= 15 is 0 Å². The van der Waals surface area contributed by atoms with Crippen LogP contribution in [0.25, 0.3) is 17.1 Å². The molecule has 0 aliphatic rings. The molecule has 3 rings (SSSR count). The van der Waals surface area contributed by atoms with Crippen molar-refractivity contribution in [1.82, 2.24) is 14.8 Å². The molecule has 0 aliphatic heterocycles. The quantitative estimate of drug-likeness (QED) is 0.729. The minimum absolute atomic E-state index is 0.266. The van der Waals surface area contributed by atoms with Crippen molar-refractivity contribution in [3.63, 3.8) is 0 Å². The highest BCUT2D eigenvalue weighted by Crippen LogP contribution is 2.24. The molecule has 1 heterocycles. The van der Waals surface area contributed by atoms with Crippen LogP contribution in [0, 0.1) is 6.92 Å². The van der Waals surface area contributed by atoms with Crippen molar-refractivity contribution in [2.24, 2.45) is 0 Å². The topological polar surface area (TPSA) is 64.8 Å². The molecule has 5 nitrogen and oxygen atoms in total. The summed E-state index contributed by atoms with van der Waals surface area (Å²) in [5.41, 5.74) is 1.57. The molecule has 0 aliphatic carbocycles. The van der Waals surface area contributed by atoms with Crippen LogP contribution >= 0.6 is 11.6 Å². The Morgan fingerprint density at radius 3 is 2.39 bits per heavy atom. The maximum Gasteiger partial charge on any atom is 0.175 e. The van der Waals surface area contributed by atoms with E-state index < -0.39 is 9.84 Å². The second-order valence-electron chi connectivity index (χ2n) is 5.17. The predicted octanol–water partition coefficient (Wildman–Crippen LogP) is 3.30. The summed E-state index contributed by atoms with van der Waals surface area (Å²) in [4.78, 5) is 4.71. The van der Waals surface area contributed by atoms with E-state index in [9.17, 15) is 8.42 Å². The molecule has 118 valence electrons. The van der Waals surface area contributed by atoms with E-state index in [-0.39, 0.29) is 4.90 Å². The van der Waals surface area contributed by atoms with E-state index in [0.717, 1.165) is 11.3 Å². The summed E-state index contributed by atoms with van der Waals surface area (Å²) >= 11 is 6.05. The summed E-state index contributed by atoms with van der Waals surface area (Å²) in [5, 5.41) is 5.00. The lowest BCUT2D eigenvalue weighted by molar-refractivity contribution is 0.602. The summed E-state index contributed by atoms with van der Waals surface area (Å²) in [5.74, 6) is 1.27. The van der Waals surface area contributed by atoms with Crippen LogP contribution in [0.5, 0.6) is 0 Å². The van der Waals surface area contributed by atoms with Crippen molar-refractivity contribution in [3.05, 3.63) is 59.4 Å². The first-order chi connectivity index (χ1) is 10.8. The Labute approximate surface area is 139 Å². The molecule has 1 aromatic heterocycles. The molecule has 0 N–H and O–H groups in total. The van der Waals surface area contributed by atoms with Crippen molar-refractivity contribution in [1.29, 1.82) is 0 Å². The van der Waals surface area contributed by atoms with E-state index in [1.54, 1.807) is 41.9 Å². The van der Waals surface area contributed by atoms with E-state index in [1.807, 2.05) is 18.2 Å². The van der Waals surface area contributed by atoms with E-state index in [0.29, 0.717) is 16.7 Å². The number of nitrogens with zero attached hydrogens (tertiary/aromatic N) is 3. The van der Waals surface area contributed by atoms with Gasteiger partial charge in [0, 0.05) is 16.8 Å². The van der Waals surface area contributed by atoms with Gasteiger partial charge in [0.2, 0.25) is 0 Å². The van der Waals surface area contributed by atoms with Gasteiger partial charge in [-0.15, -0.1) is 0 Å². The summed E-state index contributed by atoms with van der Waals surface area (Å²) in [6, 6.07) is 13.9. The van der Waals surface area contributed by atoms with Crippen LogP contribution in [0.2, 0.25) is 5.02 Å². The number of hydrogen-bond acceptors (Lipinski definition) is 4. The normalized spacial score (nSPS) is 11.6. The average Bonchev–Trinajstić information content (AvgIpc) is 2.88. The van der Waals surface area contributed by atoms with Gasteiger partial charge in [-0.25, -0.2) is 18.1 Å². The smallest absolute Gasteiger partial charge is 0.175 e. The molecule has 23 heavy (non-hydrogen) atoms. The lowest BCUT2D eigenvalue weighted by Gasteiger charge is -2.07. The van der Waals surface area contributed by atoms with Crippen LogP contribution in [0.15, 0.2) is 53.4 Å². The van der Waals surface area contributed by atoms with Crippen molar-refractivity contribution < 1.29 is 8.42 Å². The minimum atomic E-state index is -3.23. The number of halogens is 1. The first kappa shape index (κ1) is 15.7. The Balaban J connectivity index is 2.11. The molecule has 7 heteroatoms. The van der Waals surface area contributed by atoms with Crippen LogP contribution in [0.4, 0.5) is 0 Å². The highest BCUT2D eigenvalue weighted by molar-refractivity contribution is 7.90. The molecule has 0 radical (unpaired) electrons. The van der Waals surface area contributed by atoms with Gasteiger partial charge in [0.15, 0.2) is 15.7 Å². The van der Waals surface area contributed by atoms with Crippen molar-refractivity contribution in [3.8, 4) is 17.1 Å². The zero-order valence-electron chi connectivity index (χ0n) is 12.6. The van der Waals surface area contributed by atoms with Crippen molar-refractivity contribution in [2.45, 2.75) is 11.8 Å². The Kier molecular flexibility index (Phi) is 3.95. The molecule has 0 spiro atoms. The number of aryl methyl sites for hydroxylation is 1. The molecular weight excluding hydrogens is 334 g/mol. The Bertz CT molecular complexity index is 963. The van der Waals surface area contributed by atoms with Gasteiger partial charge in [-0.05, 0) is 43.3 Å². The molecule has 0 bridgehead atoms. The number of sulfone groups is 1. The third-order valence-corrected chi connectivity index (χ3v) is 4.67. The zero-order chi connectivity index (χ0) is 16.6. The molecule has 2 aromatic carbocycles. The van der Waals surface area contributed by atoms with Gasteiger partial charge >= 0.3 is 0 Å². The van der Waals surface area contributed by atoms with Gasteiger partial charge in [0.05, 0.1) is 10.6 Å². The SMILES string of the molecule is Cc1nc(-c2cccc(Cl)c2)n(-c2ccc(S(C)(=O)=O)cc2)n1. The van der Waals surface area contributed by atoms with Crippen molar-refractivity contribution >= 4 is 21.4 Å². The summed E-state index contributed by atoms with van der Waals surface area (Å²) in [6.07, 6.45) is 1.18. The number of aromatic nitrogens is 3. The van der Waals surface area contributed by atoms with Crippen LogP contribution in [0.3, 0.4) is 0 Å². The Morgan fingerprint density at radius 1 is 1.09 bits per heavy atom. The third-order valence-electron chi connectivity index (χ3n) is 3.31. The molecule has 3 aromatic rings. The molecule has 0 amide bonds. The molecule has 0 saturated heterocycles. The number of hydrogen-bond donors (Lipinski definition) is 0. The summed E-state index contributed by atoms with van der Waals surface area (Å²) < 4.78 is 24.8. The van der Waals surface area contributed by atoms with Crippen LogP contribution in [-0.2, 0) is 9.84 Å². The van der Waals surface area contributed by atoms with Crippen LogP contribution < -0.4 is 0 Å². The average molecular weight is 348 g/mol. The van der Waals surface area contributed by atoms with Crippen LogP contribution in [-0.4, -0.2) is 29.4 Å². The number of benzene rings is 2. The van der Waals surface area contributed by atoms with Gasteiger partial charge in [0.1, 0.15) is 5.82 Å². The maximum absolute atomic E-state index is 11.6. The third kappa shape index (κ3) is 3.28. The fourth-order valence-electron chi connectivity index (χ4n) is 2.24. The van der Waals surface area contributed by atoms with Gasteiger partial charge in [-0.3, -0.25) is 0 Å². The summed E-state index contributed by atoms with van der Waals surface area (Å²) in [7, 11) is -3.23. The standard InChI is InChI=1S/C16H14ClN3O2S/c1-11-18-16(12-4-3-5-13(17)10-12)20(19-11)14-6-8-15(9-7-14)23(2,21)22/h3-10H,1-2H3. The highest BCUT2D eigenvalue weighted by Gasteiger charge is 2.13. The molecule has 0 saturated carbocycles. The lowest BCUT2D eigenvalue weighted by Crippen LogP contribution is -2.02. The van der Waals surface area contributed by atoms with Gasteiger partial charge in [0.25, 0.3) is 0 Å². The lowest BCUT2D eigenvalue weighted by atomic mass is 10.2. The largest absolute Gasteiger partial charge is 0.224 e. The van der Waals surface area contributed by atoms with E-state index in [1.165, 1.54) is 6.26 Å².